The Morgan fingerprint density at radius 1 is 1.16 bits per heavy atom. The molecule has 0 aliphatic carbocycles. The van der Waals surface area contributed by atoms with Gasteiger partial charge in [0.15, 0.2) is 5.13 Å². The average molecular weight is 538 g/mol. The van der Waals surface area contributed by atoms with Gasteiger partial charge in [0.05, 0.1) is 5.69 Å². The molecule has 3 aromatic rings. The van der Waals surface area contributed by atoms with E-state index in [0.29, 0.717) is 16.6 Å². The summed E-state index contributed by atoms with van der Waals surface area (Å²) in [5.41, 5.74) is 4.61. The third kappa shape index (κ3) is 8.76. The van der Waals surface area contributed by atoms with Crippen molar-refractivity contribution >= 4 is 34.7 Å². The summed E-state index contributed by atoms with van der Waals surface area (Å²) < 4.78 is 0. The first kappa shape index (κ1) is 29.0. The summed E-state index contributed by atoms with van der Waals surface area (Å²) >= 11 is 1.50. The van der Waals surface area contributed by atoms with Crippen molar-refractivity contribution in [3.8, 4) is 11.1 Å². The minimum absolute atomic E-state index is 0. The molecule has 8 nitrogen and oxygen atoms in total. The third-order valence-corrected chi connectivity index (χ3v) is 7.53. The van der Waals surface area contributed by atoms with Crippen molar-refractivity contribution in [3.63, 3.8) is 0 Å². The summed E-state index contributed by atoms with van der Waals surface area (Å²) in [5, 5.41) is 6.44. The lowest BCUT2D eigenvalue weighted by atomic mass is 9.91. The number of aromatic nitrogens is 2. The van der Waals surface area contributed by atoms with E-state index in [1.807, 2.05) is 68.3 Å². The van der Waals surface area contributed by atoms with Gasteiger partial charge in [0.25, 0.3) is 5.91 Å². The van der Waals surface area contributed by atoms with Crippen LogP contribution in [0.2, 0.25) is 0 Å². The minimum Gasteiger partial charge on any atom is -0.350 e. The monoisotopic (exact) mass is 537 g/mol. The summed E-state index contributed by atoms with van der Waals surface area (Å²) in [7, 11) is 0. The molecule has 1 aromatic carbocycles. The van der Waals surface area contributed by atoms with E-state index in [-0.39, 0.29) is 19.3 Å². The van der Waals surface area contributed by atoms with Crippen LogP contribution in [0.25, 0.3) is 11.1 Å². The Bertz CT molecular complexity index is 1220. The van der Waals surface area contributed by atoms with E-state index >= 15 is 0 Å². The Morgan fingerprint density at radius 3 is 2.47 bits per heavy atom. The highest BCUT2D eigenvalue weighted by Gasteiger charge is 2.21. The second-order valence-electron chi connectivity index (χ2n) is 9.81. The molecule has 2 aromatic heterocycles. The molecule has 0 saturated carbocycles. The summed E-state index contributed by atoms with van der Waals surface area (Å²) in [5.74, 6) is 0.440. The molecule has 0 radical (unpaired) electrons. The Balaban J connectivity index is 0.000000375. The van der Waals surface area contributed by atoms with Gasteiger partial charge in [0.2, 0.25) is 12.3 Å². The number of hydrogen-bond donors (Lipinski definition) is 2. The number of benzene rings is 1. The topological polar surface area (TPSA) is 104 Å². The number of nitrogens with one attached hydrogen (secondary N) is 2. The van der Waals surface area contributed by atoms with E-state index in [1.54, 1.807) is 0 Å². The number of piperidine rings is 1. The number of carbonyl (C=O) groups excluding carboxylic acids is 3. The van der Waals surface area contributed by atoms with E-state index in [0.717, 1.165) is 66.2 Å². The van der Waals surface area contributed by atoms with Gasteiger partial charge in [-0.1, -0.05) is 18.2 Å². The maximum Gasteiger partial charge on any atom is 0.251 e. The van der Waals surface area contributed by atoms with Gasteiger partial charge in [-0.25, -0.2) is 4.98 Å². The number of hydrogen-bond acceptors (Lipinski definition) is 6. The van der Waals surface area contributed by atoms with E-state index in [2.05, 4.69) is 27.5 Å². The molecular formula is C29H39N5O3S. The van der Waals surface area contributed by atoms with Crippen LogP contribution in [0.15, 0.2) is 42.6 Å². The van der Waals surface area contributed by atoms with E-state index in [4.69, 9.17) is 0 Å². The molecule has 1 aliphatic heterocycles. The molecule has 1 fully saturated rings. The molecule has 2 N–H and O–H groups in total. The zero-order valence-corrected chi connectivity index (χ0v) is 23.6. The molecule has 1 aliphatic rings. The van der Waals surface area contributed by atoms with Gasteiger partial charge >= 0.3 is 0 Å². The second kappa shape index (κ2) is 13.8. The molecule has 3 amide bonds. The number of pyridine rings is 1. The van der Waals surface area contributed by atoms with Crippen molar-refractivity contribution in [1.29, 1.82) is 0 Å². The lowest BCUT2D eigenvalue weighted by Crippen LogP contribution is -2.38. The molecule has 1 saturated heterocycles. The van der Waals surface area contributed by atoms with Crippen LogP contribution < -0.4 is 10.6 Å². The molecule has 9 heteroatoms. The first-order chi connectivity index (χ1) is 18.1. The average Bonchev–Trinajstić information content (AvgIpc) is 3.20. The Hall–Kier alpha value is -3.59. The van der Waals surface area contributed by atoms with Gasteiger partial charge in [-0.3, -0.25) is 19.4 Å². The van der Waals surface area contributed by atoms with Crippen molar-refractivity contribution in [2.75, 3.05) is 18.4 Å². The molecule has 0 unspecified atom stereocenters. The third-order valence-electron chi connectivity index (χ3n) is 6.54. The highest BCUT2D eigenvalue weighted by molar-refractivity contribution is 7.15. The van der Waals surface area contributed by atoms with Gasteiger partial charge < -0.3 is 15.5 Å². The van der Waals surface area contributed by atoms with Crippen LogP contribution in [0.4, 0.5) is 5.13 Å². The van der Waals surface area contributed by atoms with Crippen LogP contribution in [0, 0.1) is 26.7 Å². The number of anilines is 1. The Morgan fingerprint density at radius 2 is 1.89 bits per heavy atom. The number of rotatable bonds is 7. The van der Waals surface area contributed by atoms with Crippen molar-refractivity contribution in [1.82, 2.24) is 20.2 Å². The highest BCUT2D eigenvalue weighted by atomic mass is 32.1. The number of amides is 3. The van der Waals surface area contributed by atoms with E-state index in [1.165, 1.54) is 18.3 Å². The fourth-order valence-corrected chi connectivity index (χ4v) is 5.18. The fourth-order valence-electron chi connectivity index (χ4n) is 4.32. The Labute approximate surface area is 230 Å². The number of aryl methyl sites for hydroxylation is 3. The number of thiazole rings is 1. The van der Waals surface area contributed by atoms with Crippen molar-refractivity contribution in [2.45, 2.75) is 59.9 Å². The minimum atomic E-state index is -0.0706. The van der Waals surface area contributed by atoms with Crippen LogP contribution in [-0.2, 0) is 9.59 Å². The molecule has 204 valence electrons. The lowest BCUT2D eigenvalue weighted by molar-refractivity contribution is -0.119. The predicted molar refractivity (Wildman–Crippen MR) is 154 cm³/mol. The molecule has 3 heterocycles. The molecule has 0 bridgehead atoms. The van der Waals surface area contributed by atoms with Crippen molar-refractivity contribution in [3.05, 3.63) is 64.4 Å². The van der Waals surface area contributed by atoms with Gasteiger partial charge in [-0.2, -0.15) is 0 Å². The van der Waals surface area contributed by atoms with Gasteiger partial charge in [-0.05, 0) is 76.6 Å². The molecule has 1 atom stereocenters. The smallest absolute Gasteiger partial charge is 0.251 e. The molecule has 0 spiro atoms. The van der Waals surface area contributed by atoms with E-state index < -0.39 is 0 Å². The maximum absolute atomic E-state index is 12.7. The van der Waals surface area contributed by atoms with Crippen LogP contribution in [0.5, 0.6) is 0 Å². The van der Waals surface area contributed by atoms with Gasteiger partial charge in [0, 0.05) is 55.4 Å². The summed E-state index contributed by atoms with van der Waals surface area (Å²) in [6.45, 7) is 11.0. The quantitative estimate of drug-likeness (QED) is 0.393. The van der Waals surface area contributed by atoms with Crippen LogP contribution >= 0.6 is 11.3 Å². The zero-order chi connectivity index (χ0) is 27.7. The van der Waals surface area contributed by atoms with Crippen molar-refractivity contribution in [2.24, 2.45) is 5.92 Å². The normalized spacial score (nSPS) is 14.2. The molecule has 4 rings (SSSR count). The molecular weight excluding hydrogens is 498 g/mol. The second-order valence-corrected chi connectivity index (χ2v) is 11.0. The largest absolute Gasteiger partial charge is 0.350 e. The first-order valence-electron chi connectivity index (χ1n) is 12.9. The van der Waals surface area contributed by atoms with Gasteiger partial charge in [0.1, 0.15) is 0 Å². The number of nitrogens with zero attached hydrogens (tertiary/aromatic N) is 3. The predicted octanol–water partition coefficient (Wildman–Crippen LogP) is 5.40. The SMILES string of the molecule is CC(=O)Nc1nc(C)c(C)s1.Cc1ccc(-c2cccc(C(=O)N[C@@H](C)CC3CCN(C=O)CC3)c2)cn1.[HH]. The maximum atomic E-state index is 12.7. The number of likely N-dealkylation sites (tertiary alicyclic amines) is 1. The van der Waals surface area contributed by atoms with E-state index in [9.17, 15) is 14.4 Å². The lowest BCUT2D eigenvalue weighted by Gasteiger charge is -2.30. The zero-order valence-electron chi connectivity index (χ0n) is 22.8. The summed E-state index contributed by atoms with van der Waals surface area (Å²) in [6.07, 6.45) is 5.72. The van der Waals surface area contributed by atoms with Crippen LogP contribution in [0.3, 0.4) is 0 Å². The van der Waals surface area contributed by atoms with Gasteiger partial charge in [-0.15, -0.1) is 11.3 Å². The summed E-state index contributed by atoms with van der Waals surface area (Å²) in [4.78, 5) is 45.5. The Kier molecular flexibility index (Phi) is 10.5. The number of carbonyl (C=O) groups is 3. The standard InChI is InChI=1S/C22H27N3O2.C7H10N2OS.H2/c1-16-6-7-21(14-23-16)19-4-3-5-20(13-19)22(27)24-17(2)12-18-8-10-25(15-26)11-9-18;1-4-5(2)11-7(8-4)9-6(3)10;/h3-7,13-15,17-18H,8-12H2,1-2H3,(H,24,27);1-3H3,(H,8,9,10);1H/t17-;;/m0../s1. The highest BCUT2D eigenvalue weighted by Crippen LogP contribution is 2.23. The van der Waals surface area contributed by atoms with Crippen LogP contribution in [0.1, 0.15) is 61.2 Å². The summed E-state index contributed by atoms with van der Waals surface area (Å²) in [6, 6.07) is 11.8. The first-order valence-corrected chi connectivity index (χ1v) is 13.7. The fraction of sp³-hybridized carbons (Fsp3) is 0.414. The van der Waals surface area contributed by atoms with Crippen LogP contribution in [-0.4, -0.2) is 52.2 Å². The molecule has 38 heavy (non-hydrogen) atoms. The van der Waals surface area contributed by atoms with Crippen molar-refractivity contribution < 1.29 is 15.8 Å².